The Hall–Kier alpha value is -3.85. The molecule has 2 fully saturated rings. The fourth-order valence-electron chi connectivity index (χ4n) is 5.72. The van der Waals surface area contributed by atoms with Crippen LogP contribution in [0.25, 0.3) is 0 Å². The Labute approximate surface area is 265 Å². The van der Waals surface area contributed by atoms with E-state index in [1.807, 2.05) is 12.1 Å². The van der Waals surface area contributed by atoms with Crippen LogP contribution in [-0.2, 0) is 23.9 Å². The van der Waals surface area contributed by atoms with Crippen LogP contribution < -0.4 is 19.9 Å². The number of rotatable bonds is 9. The number of anilines is 2. The first kappa shape index (κ1) is 34.0. The van der Waals surface area contributed by atoms with Crippen LogP contribution in [0.5, 0.6) is 5.75 Å². The molecule has 1 saturated heterocycles. The molecule has 0 spiro atoms. The number of fused-ring (bicyclic) bond motifs is 1. The van der Waals surface area contributed by atoms with Crippen molar-refractivity contribution in [2.45, 2.75) is 96.9 Å². The minimum Gasteiger partial charge on any atom is -0.476 e. The molecule has 2 heterocycles. The van der Waals surface area contributed by atoms with E-state index in [0.29, 0.717) is 36.7 Å². The normalized spacial score (nSPS) is 21.3. The molecule has 0 radical (unpaired) electrons. The van der Waals surface area contributed by atoms with Gasteiger partial charge in [0.05, 0.1) is 23.6 Å². The van der Waals surface area contributed by atoms with Gasteiger partial charge in [0.15, 0.2) is 5.60 Å². The summed E-state index contributed by atoms with van der Waals surface area (Å²) in [5.41, 5.74) is -1.72. The van der Waals surface area contributed by atoms with Gasteiger partial charge in [0.2, 0.25) is 11.8 Å². The molecule has 0 bridgehead atoms. The summed E-state index contributed by atoms with van der Waals surface area (Å²) in [5.74, 6) is -1.65. The lowest BCUT2D eigenvalue weighted by Gasteiger charge is -2.40. The summed E-state index contributed by atoms with van der Waals surface area (Å²) in [7, 11) is 1.62. The third kappa shape index (κ3) is 8.06. The van der Waals surface area contributed by atoms with E-state index in [4.69, 9.17) is 14.2 Å². The third-order valence-corrected chi connectivity index (χ3v) is 8.05. The second-order valence-corrected chi connectivity index (χ2v) is 14.2. The lowest BCUT2D eigenvalue weighted by atomic mass is 9.87. The van der Waals surface area contributed by atoms with Gasteiger partial charge in [-0.15, -0.1) is 0 Å². The summed E-state index contributed by atoms with van der Waals surface area (Å²) in [5, 5.41) is 12.2. The highest BCUT2D eigenvalue weighted by atomic mass is 16.6. The van der Waals surface area contributed by atoms with E-state index >= 15 is 0 Å². The van der Waals surface area contributed by atoms with Crippen LogP contribution in [0.1, 0.15) is 74.1 Å². The maximum atomic E-state index is 14.4. The Kier molecular flexibility index (Phi) is 9.73. The summed E-state index contributed by atoms with van der Waals surface area (Å²) in [6.45, 7) is 13.0. The number of carbonyl (C=O) groups is 4. The van der Waals surface area contributed by atoms with E-state index in [0.717, 1.165) is 12.8 Å². The average Bonchev–Trinajstić information content (AvgIpc) is 3.79. The number of nitrogens with zero attached hydrogens (tertiary/aromatic N) is 4. The molecular formula is C33H47N5O7. The van der Waals surface area contributed by atoms with Crippen LogP contribution >= 0.6 is 0 Å². The first-order chi connectivity index (χ1) is 21.0. The highest BCUT2D eigenvalue weighted by Gasteiger charge is 2.45. The molecule has 246 valence electrons. The van der Waals surface area contributed by atoms with Crippen molar-refractivity contribution in [1.82, 2.24) is 10.2 Å². The van der Waals surface area contributed by atoms with Crippen LogP contribution in [0.15, 0.2) is 18.2 Å². The topological polar surface area (TPSA) is 142 Å². The van der Waals surface area contributed by atoms with E-state index in [2.05, 4.69) is 11.4 Å². The number of ether oxygens (including phenoxy) is 3. The highest BCUT2D eigenvalue weighted by molar-refractivity contribution is 6.04. The maximum Gasteiger partial charge on any atom is 0.410 e. The molecule has 0 unspecified atom stereocenters. The van der Waals surface area contributed by atoms with E-state index in [-0.39, 0.29) is 37.4 Å². The summed E-state index contributed by atoms with van der Waals surface area (Å²) < 4.78 is 16.9. The first-order valence-corrected chi connectivity index (χ1v) is 15.6. The Morgan fingerprint density at radius 2 is 1.80 bits per heavy atom. The molecule has 0 aromatic heterocycles. The van der Waals surface area contributed by atoms with Gasteiger partial charge < -0.3 is 34.2 Å². The number of hydrogen-bond donors (Lipinski definition) is 1. The average molecular weight is 626 g/mol. The summed E-state index contributed by atoms with van der Waals surface area (Å²) in [6.07, 6.45) is 1.85. The zero-order valence-corrected chi connectivity index (χ0v) is 27.8. The van der Waals surface area contributed by atoms with Gasteiger partial charge in [-0.1, -0.05) is 0 Å². The second-order valence-electron chi connectivity index (χ2n) is 14.2. The van der Waals surface area contributed by atoms with Gasteiger partial charge in [-0.2, -0.15) is 5.26 Å². The lowest BCUT2D eigenvalue weighted by Crippen LogP contribution is -2.55. The van der Waals surface area contributed by atoms with E-state index in [1.165, 1.54) is 4.90 Å². The Bertz CT molecular complexity index is 1360. The molecule has 45 heavy (non-hydrogen) atoms. The number of nitrogens with one attached hydrogen (secondary N) is 1. The molecule has 12 heteroatoms. The summed E-state index contributed by atoms with van der Waals surface area (Å²) >= 11 is 0. The number of nitriles is 1. The minimum absolute atomic E-state index is 0.0455. The smallest absolute Gasteiger partial charge is 0.410 e. The van der Waals surface area contributed by atoms with E-state index in [1.54, 1.807) is 71.4 Å². The van der Waals surface area contributed by atoms with Gasteiger partial charge >= 0.3 is 6.09 Å². The van der Waals surface area contributed by atoms with Crippen molar-refractivity contribution in [2.24, 2.45) is 11.8 Å². The molecular weight excluding hydrogens is 578 g/mol. The maximum absolute atomic E-state index is 14.4. The molecule has 1 N–H and O–H groups in total. The van der Waals surface area contributed by atoms with Crippen molar-refractivity contribution in [2.75, 3.05) is 43.2 Å². The molecule has 3 aliphatic rings. The van der Waals surface area contributed by atoms with Crippen molar-refractivity contribution in [3.05, 3.63) is 18.2 Å². The first-order valence-electron chi connectivity index (χ1n) is 15.6. The molecule has 2 atom stereocenters. The molecule has 4 amide bonds. The van der Waals surface area contributed by atoms with E-state index < -0.39 is 40.6 Å². The predicted molar refractivity (Wildman–Crippen MR) is 168 cm³/mol. The number of methoxy groups -OCH3 is 1. The number of amides is 4. The van der Waals surface area contributed by atoms with Gasteiger partial charge in [0.1, 0.15) is 16.9 Å². The summed E-state index contributed by atoms with van der Waals surface area (Å²) in [6, 6.07) is 7.45. The number of likely N-dealkylation sites (tertiary alicyclic amines) is 1. The van der Waals surface area contributed by atoms with Gasteiger partial charge in [-0.05, 0) is 92.3 Å². The highest BCUT2D eigenvalue weighted by Crippen LogP contribution is 2.43. The number of piperidine rings is 1. The van der Waals surface area contributed by atoms with Crippen LogP contribution in [0.3, 0.4) is 0 Å². The van der Waals surface area contributed by atoms with Gasteiger partial charge in [-0.3, -0.25) is 14.4 Å². The van der Waals surface area contributed by atoms with E-state index in [9.17, 15) is 24.4 Å². The fraction of sp³-hybridized carbons (Fsp3) is 0.667. The largest absolute Gasteiger partial charge is 0.476 e. The van der Waals surface area contributed by atoms with Crippen molar-refractivity contribution < 1.29 is 33.4 Å². The van der Waals surface area contributed by atoms with Crippen LogP contribution in [0.4, 0.5) is 16.2 Å². The van der Waals surface area contributed by atoms with Gasteiger partial charge in [-0.25, -0.2) is 4.79 Å². The Morgan fingerprint density at radius 3 is 2.40 bits per heavy atom. The fourth-order valence-corrected chi connectivity index (χ4v) is 5.72. The monoisotopic (exact) mass is 625 g/mol. The lowest BCUT2D eigenvalue weighted by molar-refractivity contribution is -0.133. The number of hydrogen-bond acceptors (Lipinski definition) is 8. The predicted octanol–water partition coefficient (Wildman–Crippen LogP) is 4.01. The standard InChI is InChI=1S/C33H47N5O7/c1-31(2,3)45-30(42)36-18-21(27(39)35-32(4,5)20-34)16-22(19-36)28(40)38(23-10-11-23)24-12-13-26-25(17-24)37(14-9-15-43-8)29(41)33(6,7)44-26/h12-13,17,21-23H,9-11,14-16,18-19H2,1-8H3,(H,35,39)/t21-,22+/m0/s1. The van der Waals surface area contributed by atoms with Crippen molar-refractivity contribution >= 4 is 35.2 Å². The molecule has 1 aromatic rings. The molecule has 4 rings (SSSR count). The van der Waals surface area contributed by atoms with Crippen molar-refractivity contribution in [3.8, 4) is 11.8 Å². The SMILES string of the molecule is COCCCN1C(=O)C(C)(C)Oc2ccc(N(C(=O)[C@@H]3C[C@H](C(=O)NC(C)(C)C#N)CN(C(=O)OC(C)(C)C)C3)C3CC3)cc21. The Balaban J connectivity index is 1.66. The Morgan fingerprint density at radius 1 is 1.13 bits per heavy atom. The van der Waals surface area contributed by atoms with Crippen molar-refractivity contribution in [3.63, 3.8) is 0 Å². The second kappa shape index (κ2) is 12.9. The number of carbonyl (C=O) groups excluding carboxylic acids is 4. The third-order valence-electron chi connectivity index (χ3n) is 8.05. The summed E-state index contributed by atoms with van der Waals surface area (Å²) in [4.78, 5) is 59.2. The van der Waals surface area contributed by atoms with Crippen molar-refractivity contribution in [1.29, 1.82) is 5.26 Å². The molecule has 1 aromatic carbocycles. The zero-order chi connectivity index (χ0) is 33.3. The molecule has 2 aliphatic heterocycles. The minimum atomic E-state index is -1.11. The molecule has 1 saturated carbocycles. The van der Waals surface area contributed by atoms with Crippen LogP contribution in [0, 0.1) is 23.2 Å². The quantitative estimate of drug-likeness (QED) is 0.406. The van der Waals surface area contributed by atoms with Gasteiger partial charge in [0.25, 0.3) is 5.91 Å². The van der Waals surface area contributed by atoms with Gasteiger partial charge in [0, 0.05) is 45.1 Å². The molecule has 12 nitrogen and oxygen atoms in total. The molecule has 1 aliphatic carbocycles. The van der Waals surface area contributed by atoms with Crippen LogP contribution in [-0.4, -0.2) is 84.8 Å². The number of benzene rings is 1. The van der Waals surface area contributed by atoms with Crippen LogP contribution in [0.2, 0.25) is 0 Å². The zero-order valence-electron chi connectivity index (χ0n) is 27.8.